The minimum atomic E-state index is -0.128. The molecular weight excluding hydrogens is 492 g/mol. The number of fused-ring (bicyclic) bond motifs is 2. The highest BCUT2D eigenvalue weighted by atomic mass is 16.3. The summed E-state index contributed by atoms with van der Waals surface area (Å²) in [5.41, 5.74) is 8.46. The summed E-state index contributed by atoms with van der Waals surface area (Å²) in [5.74, 6) is 0.547. The average Bonchev–Trinajstić information content (AvgIpc) is 3.35. The van der Waals surface area contributed by atoms with Crippen LogP contribution in [0.25, 0.3) is 55.7 Å². The molecular formula is C36H34N2O2. The molecule has 2 heterocycles. The van der Waals surface area contributed by atoms with Crippen LogP contribution in [0.5, 0.6) is 5.75 Å². The summed E-state index contributed by atoms with van der Waals surface area (Å²) in [4.78, 5) is 9.85. The smallest absolute Gasteiger partial charge is 0.231 e. The van der Waals surface area contributed by atoms with Gasteiger partial charge in [-0.1, -0.05) is 96.1 Å². The van der Waals surface area contributed by atoms with Gasteiger partial charge in [0.05, 0.1) is 11.3 Å². The second kappa shape index (κ2) is 9.34. The van der Waals surface area contributed by atoms with E-state index in [1.807, 2.05) is 36.5 Å². The SMILES string of the molecule is CC(C)(C)c1cc(C(C)(C)C)c(-c2cccc3oc(-c4ccccc4O)nc23)cc1-c1cc2ccccc2cn1. The lowest BCUT2D eigenvalue weighted by molar-refractivity contribution is 0.474. The van der Waals surface area contributed by atoms with Crippen molar-refractivity contribution >= 4 is 21.9 Å². The third-order valence-electron chi connectivity index (χ3n) is 7.52. The standard InChI is InChI=1S/C36H34N2O2/c1-35(2,3)28-20-29(36(4,5)6)27(30-18-22-12-7-8-13-23(22)21-37-30)19-26(28)24-15-11-17-32-33(24)38-34(40-32)25-14-9-10-16-31(25)39/h7-21,39H,1-6H3. The number of nitrogens with zero attached hydrogens (tertiary/aromatic N) is 2. The predicted molar refractivity (Wildman–Crippen MR) is 165 cm³/mol. The molecule has 0 radical (unpaired) electrons. The molecule has 0 bridgehead atoms. The maximum Gasteiger partial charge on any atom is 0.231 e. The fourth-order valence-corrected chi connectivity index (χ4v) is 5.44. The third kappa shape index (κ3) is 4.54. The Morgan fingerprint density at radius 3 is 2.00 bits per heavy atom. The summed E-state index contributed by atoms with van der Waals surface area (Å²) in [7, 11) is 0. The van der Waals surface area contributed by atoms with Crippen molar-refractivity contribution in [1.82, 2.24) is 9.97 Å². The maximum absolute atomic E-state index is 10.5. The molecule has 4 heteroatoms. The van der Waals surface area contributed by atoms with Crippen LogP contribution in [0.3, 0.4) is 0 Å². The molecule has 0 fully saturated rings. The van der Waals surface area contributed by atoms with Crippen molar-refractivity contribution in [3.8, 4) is 39.6 Å². The number of aromatic nitrogens is 2. The Hall–Kier alpha value is -4.44. The molecule has 6 rings (SSSR count). The molecule has 0 atom stereocenters. The summed E-state index contributed by atoms with van der Waals surface area (Å²) >= 11 is 0. The van der Waals surface area contributed by atoms with Crippen molar-refractivity contribution in [2.75, 3.05) is 0 Å². The van der Waals surface area contributed by atoms with Crippen LogP contribution in [0.4, 0.5) is 0 Å². The lowest BCUT2D eigenvalue weighted by Gasteiger charge is -2.30. The monoisotopic (exact) mass is 526 g/mol. The molecule has 4 aromatic carbocycles. The molecule has 4 nitrogen and oxygen atoms in total. The van der Waals surface area contributed by atoms with Gasteiger partial charge in [0, 0.05) is 22.7 Å². The van der Waals surface area contributed by atoms with Gasteiger partial charge in [0.2, 0.25) is 5.89 Å². The summed E-state index contributed by atoms with van der Waals surface area (Å²) in [6.07, 6.45) is 1.96. The van der Waals surface area contributed by atoms with Crippen LogP contribution in [-0.2, 0) is 10.8 Å². The normalized spacial score (nSPS) is 12.3. The van der Waals surface area contributed by atoms with Crippen molar-refractivity contribution in [3.63, 3.8) is 0 Å². The highest BCUT2D eigenvalue weighted by molar-refractivity contribution is 5.95. The Morgan fingerprint density at radius 2 is 1.27 bits per heavy atom. The second-order valence-electron chi connectivity index (χ2n) is 12.5. The van der Waals surface area contributed by atoms with Crippen LogP contribution >= 0.6 is 0 Å². The predicted octanol–water partition coefficient (Wildman–Crippen LogP) is 9.68. The van der Waals surface area contributed by atoms with E-state index >= 15 is 0 Å². The molecule has 0 amide bonds. The maximum atomic E-state index is 10.5. The third-order valence-corrected chi connectivity index (χ3v) is 7.52. The van der Waals surface area contributed by atoms with Gasteiger partial charge in [-0.25, -0.2) is 4.98 Å². The Balaban J connectivity index is 1.65. The van der Waals surface area contributed by atoms with Gasteiger partial charge in [0.25, 0.3) is 0 Å². The van der Waals surface area contributed by atoms with Crippen molar-refractivity contribution in [1.29, 1.82) is 0 Å². The quantitative estimate of drug-likeness (QED) is 0.249. The van der Waals surface area contributed by atoms with Gasteiger partial charge in [-0.05, 0) is 63.2 Å². The number of hydrogen-bond donors (Lipinski definition) is 1. The molecule has 0 spiro atoms. The number of pyridine rings is 1. The molecule has 0 aliphatic rings. The van der Waals surface area contributed by atoms with Gasteiger partial charge >= 0.3 is 0 Å². The molecule has 2 aromatic heterocycles. The lowest BCUT2D eigenvalue weighted by Crippen LogP contribution is -2.19. The van der Waals surface area contributed by atoms with Gasteiger partial charge in [-0.3, -0.25) is 4.98 Å². The van der Waals surface area contributed by atoms with Gasteiger partial charge in [0.15, 0.2) is 5.58 Å². The van der Waals surface area contributed by atoms with E-state index in [9.17, 15) is 5.11 Å². The molecule has 0 aliphatic heterocycles. The second-order valence-corrected chi connectivity index (χ2v) is 12.5. The largest absolute Gasteiger partial charge is 0.507 e. The van der Waals surface area contributed by atoms with Crippen LogP contribution < -0.4 is 0 Å². The molecule has 0 aliphatic carbocycles. The highest BCUT2D eigenvalue weighted by Gasteiger charge is 2.28. The van der Waals surface area contributed by atoms with E-state index in [0.29, 0.717) is 17.0 Å². The molecule has 0 saturated heterocycles. The van der Waals surface area contributed by atoms with E-state index in [1.165, 1.54) is 16.5 Å². The first kappa shape index (κ1) is 25.8. The number of phenols is 1. The van der Waals surface area contributed by atoms with Crippen LogP contribution in [0.2, 0.25) is 0 Å². The average molecular weight is 527 g/mol. The van der Waals surface area contributed by atoms with E-state index in [1.54, 1.807) is 12.1 Å². The minimum Gasteiger partial charge on any atom is -0.507 e. The molecule has 0 unspecified atom stereocenters. The van der Waals surface area contributed by atoms with E-state index in [0.717, 1.165) is 33.3 Å². The van der Waals surface area contributed by atoms with Crippen LogP contribution in [0.15, 0.2) is 95.5 Å². The summed E-state index contributed by atoms with van der Waals surface area (Å²) in [5, 5.41) is 12.8. The fraction of sp³-hybridized carbons (Fsp3) is 0.222. The van der Waals surface area contributed by atoms with E-state index in [-0.39, 0.29) is 16.6 Å². The van der Waals surface area contributed by atoms with Crippen molar-refractivity contribution < 1.29 is 9.52 Å². The molecule has 0 saturated carbocycles. The molecule has 200 valence electrons. The Labute approximate surface area is 235 Å². The number of phenolic OH excluding ortho intramolecular Hbond substituents is 1. The van der Waals surface area contributed by atoms with Crippen LogP contribution in [-0.4, -0.2) is 15.1 Å². The van der Waals surface area contributed by atoms with E-state index < -0.39 is 0 Å². The first-order valence-corrected chi connectivity index (χ1v) is 13.7. The molecule has 6 aromatic rings. The van der Waals surface area contributed by atoms with Crippen molar-refractivity contribution in [3.05, 3.63) is 102 Å². The highest BCUT2D eigenvalue weighted by Crippen LogP contribution is 2.44. The Bertz CT molecular complexity index is 1880. The van der Waals surface area contributed by atoms with Gasteiger partial charge < -0.3 is 9.52 Å². The van der Waals surface area contributed by atoms with E-state index in [4.69, 9.17) is 14.4 Å². The van der Waals surface area contributed by atoms with Gasteiger partial charge in [-0.2, -0.15) is 0 Å². The zero-order valence-electron chi connectivity index (χ0n) is 23.9. The minimum absolute atomic E-state index is 0.0981. The topological polar surface area (TPSA) is 59.2 Å². The number of benzene rings is 4. The summed E-state index contributed by atoms with van der Waals surface area (Å²) < 4.78 is 6.18. The van der Waals surface area contributed by atoms with Crippen LogP contribution in [0, 0.1) is 0 Å². The number of hydrogen-bond acceptors (Lipinski definition) is 4. The number of para-hydroxylation sites is 2. The van der Waals surface area contributed by atoms with E-state index in [2.05, 4.69) is 84.0 Å². The number of oxazole rings is 1. The van der Waals surface area contributed by atoms with Crippen LogP contribution in [0.1, 0.15) is 52.7 Å². The number of aromatic hydroxyl groups is 1. The first-order valence-electron chi connectivity index (χ1n) is 13.7. The lowest BCUT2D eigenvalue weighted by atomic mass is 9.74. The summed E-state index contributed by atoms with van der Waals surface area (Å²) in [6, 6.07) is 28.4. The van der Waals surface area contributed by atoms with Crippen molar-refractivity contribution in [2.45, 2.75) is 52.4 Å². The zero-order chi connectivity index (χ0) is 28.2. The Morgan fingerprint density at radius 1 is 0.625 bits per heavy atom. The molecule has 1 N–H and O–H groups in total. The van der Waals surface area contributed by atoms with Crippen molar-refractivity contribution in [2.24, 2.45) is 0 Å². The Kier molecular flexibility index (Phi) is 6.03. The van der Waals surface area contributed by atoms with Gasteiger partial charge in [0.1, 0.15) is 11.3 Å². The zero-order valence-corrected chi connectivity index (χ0v) is 23.9. The number of rotatable bonds is 3. The van der Waals surface area contributed by atoms with Gasteiger partial charge in [-0.15, -0.1) is 0 Å². The first-order chi connectivity index (χ1) is 19.0. The fourth-order valence-electron chi connectivity index (χ4n) is 5.44. The molecule has 40 heavy (non-hydrogen) atoms. The summed E-state index contributed by atoms with van der Waals surface area (Å²) in [6.45, 7) is 13.5.